The highest BCUT2D eigenvalue weighted by atomic mass is 32.2. The molecule has 0 radical (unpaired) electrons. The molecule has 1 aromatic carbocycles. The van der Waals surface area contributed by atoms with Crippen molar-refractivity contribution in [3.63, 3.8) is 0 Å². The fourth-order valence-corrected chi connectivity index (χ4v) is 3.31. The van der Waals surface area contributed by atoms with E-state index in [1.165, 1.54) is 36.3 Å². The second-order valence-corrected chi connectivity index (χ2v) is 6.34. The number of nitrogens with one attached hydrogen (secondary N) is 1. The van der Waals surface area contributed by atoms with Crippen LogP contribution in [-0.4, -0.2) is 24.2 Å². The molecule has 2 nitrogen and oxygen atoms in total. The highest BCUT2D eigenvalue weighted by Gasteiger charge is 2.12. The lowest BCUT2D eigenvalue weighted by atomic mass is 10.1. The third kappa shape index (κ3) is 5.45. The lowest BCUT2D eigenvalue weighted by Crippen LogP contribution is -2.31. The van der Waals surface area contributed by atoms with Gasteiger partial charge in [0.25, 0.3) is 0 Å². The molecule has 0 aromatic heterocycles. The first kappa shape index (κ1) is 14.7. The zero-order valence-electron chi connectivity index (χ0n) is 11.9. The number of hydrogen-bond donors (Lipinski definition) is 1. The van der Waals surface area contributed by atoms with Crippen LogP contribution < -0.4 is 10.1 Å². The van der Waals surface area contributed by atoms with Crippen molar-refractivity contribution in [3.8, 4) is 5.75 Å². The molecule has 0 unspecified atom stereocenters. The summed E-state index contributed by atoms with van der Waals surface area (Å²) >= 11 is 2.08. The first-order valence-corrected chi connectivity index (χ1v) is 8.57. The molecule has 2 rings (SSSR count). The van der Waals surface area contributed by atoms with Gasteiger partial charge in [0, 0.05) is 12.6 Å². The smallest absolute Gasteiger partial charge is 0.119 e. The minimum Gasteiger partial charge on any atom is -0.494 e. The molecule has 1 aliphatic heterocycles. The van der Waals surface area contributed by atoms with Gasteiger partial charge in [-0.05, 0) is 48.5 Å². The minimum absolute atomic E-state index is 0.710. The molecule has 1 saturated heterocycles. The Morgan fingerprint density at radius 2 is 1.95 bits per heavy atom. The molecular weight excluding hydrogens is 254 g/mol. The largest absolute Gasteiger partial charge is 0.494 e. The molecule has 1 aliphatic rings. The van der Waals surface area contributed by atoms with Crippen LogP contribution in [0.4, 0.5) is 0 Å². The van der Waals surface area contributed by atoms with Crippen molar-refractivity contribution < 1.29 is 4.74 Å². The van der Waals surface area contributed by atoms with Gasteiger partial charge in [-0.15, -0.1) is 0 Å². The van der Waals surface area contributed by atoms with Crippen LogP contribution in [0.1, 0.15) is 38.2 Å². The normalized spacial score (nSPS) is 16.5. The molecular formula is C16H25NOS. The predicted octanol–water partition coefficient (Wildman–Crippen LogP) is 3.85. The SMILES string of the molecule is CCCCOc1ccc(CNC2CCSCC2)cc1. The summed E-state index contributed by atoms with van der Waals surface area (Å²) < 4.78 is 5.67. The van der Waals surface area contributed by atoms with Gasteiger partial charge in [-0.3, -0.25) is 0 Å². The zero-order chi connectivity index (χ0) is 13.3. The van der Waals surface area contributed by atoms with Gasteiger partial charge in [-0.25, -0.2) is 0 Å². The molecule has 0 atom stereocenters. The molecule has 1 fully saturated rings. The third-order valence-corrected chi connectivity index (χ3v) is 4.55. The van der Waals surface area contributed by atoms with E-state index >= 15 is 0 Å². The number of unbranched alkanes of at least 4 members (excludes halogenated alkanes) is 1. The molecule has 1 aromatic rings. The number of hydrogen-bond acceptors (Lipinski definition) is 3. The summed E-state index contributed by atoms with van der Waals surface area (Å²) in [5.74, 6) is 3.61. The number of benzene rings is 1. The maximum atomic E-state index is 5.67. The van der Waals surface area contributed by atoms with E-state index < -0.39 is 0 Å². The Bertz CT molecular complexity index is 346. The van der Waals surface area contributed by atoms with Gasteiger partial charge in [0.1, 0.15) is 5.75 Å². The summed E-state index contributed by atoms with van der Waals surface area (Å²) in [6.45, 7) is 3.99. The van der Waals surface area contributed by atoms with E-state index in [1.54, 1.807) is 0 Å². The minimum atomic E-state index is 0.710. The summed E-state index contributed by atoms with van der Waals surface area (Å²) in [6, 6.07) is 9.23. The van der Waals surface area contributed by atoms with Gasteiger partial charge in [0.05, 0.1) is 6.61 Å². The summed E-state index contributed by atoms with van der Waals surface area (Å²) in [6.07, 6.45) is 4.93. The highest BCUT2D eigenvalue weighted by molar-refractivity contribution is 7.99. The monoisotopic (exact) mass is 279 g/mol. The van der Waals surface area contributed by atoms with E-state index in [4.69, 9.17) is 4.74 Å². The fourth-order valence-electron chi connectivity index (χ4n) is 2.20. The number of ether oxygens (including phenoxy) is 1. The van der Waals surface area contributed by atoms with Gasteiger partial charge >= 0.3 is 0 Å². The summed E-state index contributed by atoms with van der Waals surface area (Å²) in [7, 11) is 0. The second kappa shape index (κ2) is 8.49. The van der Waals surface area contributed by atoms with E-state index in [0.717, 1.165) is 25.3 Å². The van der Waals surface area contributed by atoms with Crippen LogP contribution >= 0.6 is 11.8 Å². The molecule has 0 bridgehead atoms. The average molecular weight is 279 g/mol. The quantitative estimate of drug-likeness (QED) is 0.766. The van der Waals surface area contributed by atoms with Crippen molar-refractivity contribution in [1.29, 1.82) is 0 Å². The summed E-state index contributed by atoms with van der Waals surface area (Å²) in [5, 5.41) is 3.66. The highest BCUT2D eigenvalue weighted by Crippen LogP contribution is 2.18. The van der Waals surface area contributed by atoms with E-state index in [-0.39, 0.29) is 0 Å². The number of thioether (sulfide) groups is 1. The molecule has 0 aliphatic carbocycles. The maximum Gasteiger partial charge on any atom is 0.119 e. The molecule has 0 saturated carbocycles. The Morgan fingerprint density at radius 3 is 2.63 bits per heavy atom. The summed E-state index contributed by atoms with van der Waals surface area (Å²) in [4.78, 5) is 0. The lowest BCUT2D eigenvalue weighted by molar-refractivity contribution is 0.309. The van der Waals surface area contributed by atoms with Crippen LogP contribution in [-0.2, 0) is 6.54 Å². The second-order valence-electron chi connectivity index (χ2n) is 5.11. The first-order chi connectivity index (χ1) is 9.38. The predicted molar refractivity (Wildman–Crippen MR) is 84.0 cm³/mol. The zero-order valence-corrected chi connectivity index (χ0v) is 12.7. The van der Waals surface area contributed by atoms with E-state index in [0.29, 0.717) is 6.04 Å². The fraction of sp³-hybridized carbons (Fsp3) is 0.625. The Kier molecular flexibility index (Phi) is 6.58. The van der Waals surface area contributed by atoms with Crippen molar-refractivity contribution in [2.24, 2.45) is 0 Å². The Balaban J connectivity index is 1.71. The van der Waals surface area contributed by atoms with Crippen LogP contribution in [0.2, 0.25) is 0 Å². The molecule has 0 amide bonds. The molecule has 1 N–H and O–H groups in total. The standard InChI is InChI=1S/C16H25NOS/c1-2-3-10-18-16-6-4-14(5-7-16)13-17-15-8-11-19-12-9-15/h4-7,15,17H,2-3,8-13H2,1H3. The van der Waals surface area contributed by atoms with Gasteiger partial charge in [-0.2, -0.15) is 11.8 Å². The van der Waals surface area contributed by atoms with Crippen molar-refractivity contribution >= 4 is 11.8 Å². The van der Waals surface area contributed by atoms with Crippen molar-refractivity contribution in [3.05, 3.63) is 29.8 Å². The van der Waals surface area contributed by atoms with Crippen LogP contribution in [0, 0.1) is 0 Å². The van der Waals surface area contributed by atoms with Gasteiger partial charge in [0.15, 0.2) is 0 Å². The van der Waals surface area contributed by atoms with Crippen LogP contribution in [0.25, 0.3) is 0 Å². The third-order valence-electron chi connectivity index (χ3n) is 3.51. The van der Waals surface area contributed by atoms with Gasteiger partial charge in [0.2, 0.25) is 0 Å². The molecule has 1 heterocycles. The van der Waals surface area contributed by atoms with E-state index in [2.05, 4.69) is 48.3 Å². The Morgan fingerprint density at radius 1 is 1.21 bits per heavy atom. The first-order valence-electron chi connectivity index (χ1n) is 7.41. The molecule has 19 heavy (non-hydrogen) atoms. The molecule has 106 valence electrons. The summed E-state index contributed by atoms with van der Waals surface area (Å²) in [5.41, 5.74) is 1.35. The van der Waals surface area contributed by atoms with Crippen LogP contribution in [0.5, 0.6) is 5.75 Å². The van der Waals surface area contributed by atoms with Crippen molar-refractivity contribution in [2.45, 2.75) is 45.2 Å². The number of rotatable bonds is 7. The lowest BCUT2D eigenvalue weighted by Gasteiger charge is -2.22. The average Bonchev–Trinajstić information content (AvgIpc) is 2.48. The Labute approximate surface area is 121 Å². The molecule has 0 spiro atoms. The van der Waals surface area contributed by atoms with Crippen molar-refractivity contribution in [1.82, 2.24) is 5.32 Å². The maximum absolute atomic E-state index is 5.67. The van der Waals surface area contributed by atoms with E-state index in [1.807, 2.05) is 0 Å². The topological polar surface area (TPSA) is 21.3 Å². The van der Waals surface area contributed by atoms with Gasteiger partial charge in [-0.1, -0.05) is 25.5 Å². The molecule has 3 heteroatoms. The van der Waals surface area contributed by atoms with Crippen LogP contribution in [0.3, 0.4) is 0 Å². The van der Waals surface area contributed by atoms with Crippen LogP contribution in [0.15, 0.2) is 24.3 Å². The van der Waals surface area contributed by atoms with Gasteiger partial charge < -0.3 is 10.1 Å². The van der Waals surface area contributed by atoms with Crippen molar-refractivity contribution in [2.75, 3.05) is 18.1 Å². The van der Waals surface area contributed by atoms with E-state index in [9.17, 15) is 0 Å². The Hall–Kier alpha value is -0.670.